The third-order valence-corrected chi connectivity index (χ3v) is 4.28. The molecule has 0 aromatic heterocycles. The van der Waals surface area contributed by atoms with Gasteiger partial charge < -0.3 is 15.1 Å². The Hall–Kier alpha value is -2.04. The molecule has 0 unspecified atom stereocenters. The first-order chi connectivity index (χ1) is 11.6. The maximum atomic E-state index is 5.99. The summed E-state index contributed by atoms with van der Waals surface area (Å²) in [5.41, 5.74) is 4.48. The van der Waals surface area contributed by atoms with Crippen molar-refractivity contribution in [2.45, 2.75) is 19.1 Å². The number of nitrogens with one attached hydrogen (secondary N) is 1. The standard InChI is InChI=1S/C19H22ClN3O/c1-23(2)17-8-6-15(7-9-17)19-11-18(24-22-19)13-21-12-14-4-3-5-16(20)10-14/h3-10,18,21H,11-13H2,1-2H3/t18-/m1/s1. The minimum absolute atomic E-state index is 0.0766. The van der Waals surface area contributed by atoms with Crippen LogP contribution < -0.4 is 10.2 Å². The van der Waals surface area contributed by atoms with Crippen molar-refractivity contribution in [1.82, 2.24) is 5.32 Å². The van der Waals surface area contributed by atoms with Crippen LogP contribution in [0.5, 0.6) is 0 Å². The van der Waals surface area contributed by atoms with Crippen LogP contribution in [-0.4, -0.2) is 32.5 Å². The fourth-order valence-electron chi connectivity index (χ4n) is 2.68. The van der Waals surface area contributed by atoms with Gasteiger partial charge in [-0.05, 0) is 35.4 Å². The molecule has 1 N–H and O–H groups in total. The SMILES string of the molecule is CN(C)c1ccc(C2=NO[C@@H](CNCc3cccc(Cl)c3)C2)cc1. The largest absolute Gasteiger partial charge is 0.390 e. The Bertz CT molecular complexity index is 713. The molecule has 1 atom stereocenters. The normalized spacial score (nSPS) is 16.6. The van der Waals surface area contributed by atoms with Crippen LogP contribution in [-0.2, 0) is 11.4 Å². The summed E-state index contributed by atoms with van der Waals surface area (Å²) in [5.74, 6) is 0. The van der Waals surface area contributed by atoms with Crippen LogP contribution in [0.2, 0.25) is 5.02 Å². The van der Waals surface area contributed by atoms with Gasteiger partial charge in [0.05, 0.1) is 5.71 Å². The van der Waals surface area contributed by atoms with Gasteiger partial charge in [0.15, 0.2) is 0 Å². The quantitative estimate of drug-likeness (QED) is 0.869. The molecule has 24 heavy (non-hydrogen) atoms. The van der Waals surface area contributed by atoms with Crippen LogP contribution in [0, 0.1) is 0 Å². The van der Waals surface area contributed by atoms with Crippen LogP contribution in [0.25, 0.3) is 0 Å². The van der Waals surface area contributed by atoms with E-state index < -0.39 is 0 Å². The maximum Gasteiger partial charge on any atom is 0.145 e. The molecule has 0 saturated heterocycles. The third kappa shape index (κ3) is 4.28. The zero-order valence-corrected chi connectivity index (χ0v) is 14.8. The molecule has 0 amide bonds. The van der Waals surface area contributed by atoms with Gasteiger partial charge in [0, 0.05) is 44.3 Å². The number of hydrogen-bond acceptors (Lipinski definition) is 4. The summed E-state index contributed by atoms with van der Waals surface area (Å²) in [4.78, 5) is 7.63. The molecule has 5 heteroatoms. The molecule has 0 aliphatic carbocycles. The van der Waals surface area contributed by atoms with E-state index in [1.54, 1.807) is 0 Å². The average Bonchev–Trinajstić information content (AvgIpc) is 3.04. The van der Waals surface area contributed by atoms with Gasteiger partial charge in [-0.1, -0.05) is 41.0 Å². The summed E-state index contributed by atoms with van der Waals surface area (Å²) in [6, 6.07) is 16.3. The number of halogens is 1. The van der Waals surface area contributed by atoms with Crippen LogP contribution >= 0.6 is 11.6 Å². The average molecular weight is 344 g/mol. The van der Waals surface area contributed by atoms with Gasteiger partial charge in [-0.25, -0.2) is 0 Å². The number of nitrogens with zero attached hydrogens (tertiary/aromatic N) is 2. The lowest BCUT2D eigenvalue weighted by atomic mass is 10.0. The molecule has 1 aliphatic heterocycles. The monoisotopic (exact) mass is 343 g/mol. The Morgan fingerprint density at radius 1 is 1.21 bits per heavy atom. The highest BCUT2D eigenvalue weighted by molar-refractivity contribution is 6.30. The first-order valence-electron chi connectivity index (χ1n) is 8.07. The summed E-state index contributed by atoms with van der Waals surface area (Å²) in [6.07, 6.45) is 0.900. The Morgan fingerprint density at radius 3 is 2.71 bits per heavy atom. The van der Waals surface area contributed by atoms with E-state index in [0.29, 0.717) is 0 Å². The maximum absolute atomic E-state index is 5.99. The van der Waals surface area contributed by atoms with Crippen molar-refractivity contribution in [1.29, 1.82) is 0 Å². The summed E-state index contributed by atoms with van der Waals surface area (Å²) in [5, 5.41) is 8.41. The minimum atomic E-state index is 0.0766. The molecule has 2 aromatic rings. The van der Waals surface area contributed by atoms with Crippen molar-refractivity contribution in [3.63, 3.8) is 0 Å². The van der Waals surface area contributed by atoms with E-state index >= 15 is 0 Å². The van der Waals surface area contributed by atoms with E-state index in [4.69, 9.17) is 16.4 Å². The van der Waals surface area contributed by atoms with E-state index in [-0.39, 0.29) is 6.10 Å². The lowest BCUT2D eigenvalue weighted by Gasteiger charge is -2.12. The van der Waals surface area contributed by atoms with Gasteiger partial charge in [-0.15, -0.1) is 0 Å². The van der Waals surface area contributed by atoms with Crippen molar-refractivity contribution < 1.29 is 4.84 Å². The van der Waals surface area contributed by atoms with Crippen LogP contribution in [0.1, 0.15) is 17.5 Å². The van der Waals surface area contributed by atoms with Gasteiger partial charge in [-0.3, -0.25) is 0 Å². The second kappa shape index (κ2) is 7.69. The molecule has 0 fully saturated rings. The van der Waals surface area contributed by atoms with Crippen molar-refractivity contribution in [3.05, 3.63) is 64.7 Å². The van der Waals surface area contributed by atoms with Gasteiger partial charge in [-0.2, -0.15) is 0 Å². The van der Waals surface area contributed by atoms with Gasteiger partial charge in [0.1, 0.15) is 6.10 Å². The van der Waals surface area contributed by atoms with Crippen molar-refractivity contribution in [3.8, 4) is 0 Å². The van der Waals surface area contributed by atoms with Crippen molar-refractivity contribution >= 4 is 23.0 Å². The van der Waals surface area contributed by atoms with Gasteiger partial charge >= 0.3 is 0 Å². The van der Waals surface area contributed by atoms with E-state index in [0.717, 1.165) is 35.8 Å². The molecule has 1 heterocycles. The number of hydrogen-bond donors (Lipinski definition) is 1. The molecule has 2 aromatic carbocycles. The molecule has 126 valence electrons. The second-order valence-corrected chi connectivity index (χ2v) is 6.61. The Labute approximate surface area is 148 Å². The molecule has 3 rings (SSSR count). The zero-order valence-electron chi connectivity index (χ0n) is 14.0. The van der Waals surface area contributed by atoms with E-state index in [1.807, 2.05) is 32.3 Å². The number of anilines is 1. The number of oxime groups is 1. The van der Waals surface area contributed by atoms with Gasteiger partial charge in [0.25, 0.3) is 0 Å². The predicted molar refractivity (Wildman–Crippen MR) is 100.0 cm³/mol. The van der Waals surface area contributed by atoms with Crippen LogP contribution in [0.4, 0.5) is 5.69 Å². The number of benzene rings is 2. The first-order valence-corrected chi connectivity index (χ1v) is 8.45. The van der Waals surface area contributed by atoms with Crippen molar-refractivity contribution in [2.24, 2.45) is 5.16 Å². The fraction of sp³-hybridized carbons (Fsp3) is 0.316. The van der Waals surface area contributed by atoms with Crippen LogP contribution in [0.3, 0.4) is 0 Å². The summed E-state index contributed by atoms with van der Waals surface area (Å²) < 4.78 is 0. The summed E-state index contributed by atoms with van der Waals surface area (Å²) in [7, 11) is 4.07. The Kier molecular flexibility index (Phi) is 5.38. The molecule has 0 bridgehead atoms. The highest BCUT2D eigenvalue weighted by atomic mass is 35.5. The smallest absolute Gasteiger partial charge is 0.145 e. The molecule has 0 saturated carbocycles. The zero-order chi connectivity index (χ0) is 16.9. The lowest BCUT2D eigenvalue weighted by molar-refractivity contribution is 0.0848. The molecular weight excluding hydrogens is 322 g/mol. The summed E-state index contributed by atoms with van der Waals surface area (Å²) >= 11 is 5.99. The highest BCUT2D eigenvalue weighted by Crippen LogP contribution is 2.19. The topological polar surface area (TPSA) is 36.9 Å². The second-order valence-electron chi connectivity index (χ2n) is 6.17. The molecule has 0 spiro atoms. The number of rotatable bonds is 6. The van der Waals surface area contributed by atoms with E-state index in [2.05, 4.69) is 45.7 Å². The molecule has 1 aliphatic rings. The Balaban J connectivity index is 1.48. The van der Waals surface area contributed by atoms with Crippen molar-refractivity contribution in [2.75, 3.05) is 25.5 Å². The van der Waals surface area contributed by atoms with Gasteiger partial charge in [0.2, 0.25) is 0 Å². The third-order valence-electron chi connectivity index (χ3n) is 4.04. The molecule has 4 nitrogen and oxygen atoms in total. The Morgan fingerprint density at radius 2 is 2.00 bits per heavy atom. The highest BCUT2D eigenvalue weighted by Gasteiger charge is 2.21. The van der Waals surface area contributed by atoms with E-state index in [1.165, 1.54) is 11.3 Å². The predicted octanol–water partition coefficient (Wildman–Crippen LogP) is 3.69. The first kappa shape index (κ1) is 16.8. The minimum Gasteiger partial charge on any atom is -0.390 e. The summed E-state index contributed by atoms with van der Waals surface area (Å²) in [6.45, 7) is 1.53. The van der Waals surface area contributed by atoms with E-state index in [9.17, 15) is 0 Å². The molecular formula is C19H22ClN3O. The van der Waals surface area contributed by atoms with Crippen LogP contribution in [0.15, 0.2) is 53.7 Å². The lowest BCUT2D eigenvalue weighted by Crippen LogP contribution is -2.26. The fourth-order valence-corrected chi connectivity index (χ4v) is 2.90. The molecule has 0 radical (unpaired) electrons.